The van der Waals surface area contributed by atoms with Crippen molar-refractivity contribution in [1.29, 1.82) is 0 Å². The molecule has 1 aromatic heterocycles. The van der Waals surface area contributed by atoms with Crippen LogP contribution in [0.2, 0.25) is 0 Å². The molecule has 0 N–H and O–H groups in total. The third kappa shape index (κ3) is 0.922. The predicted molar refractivity (Wildman–Crippen MR) is 46.9 cm³/mol. The molecule has 56 valence electrons. The van der Waals surface area contributed by atoms with E-state index < -0.39 is 0 Å². The Morgan fingerprint density at radius 3 is 2.91 bits per heavy atom. The van der Waals surface area contributed by atoms with Crippen LogP contribution in [0.15, 0.2) is 12.1 Å². The third-order valence-corrected chi connectivity index (χ3v) is 2.63. The number of benzene rings is 1. The Bertz CT molecular complexity index is 392. The van der Waals surface area contributed by atoms with Gasteiger partial charge in [0.2, 0.25) is 0 Å². The number of hydrogen-bond acceptors (Lipinski definition) is 3. The number of fused-ring (bicyclic) bond motifs is 1. The van der Waals surface area contributed by atoms with Crippen LogP contribution in [0.4, 0.5) is 0 Å². The van der Waals surface area contributed by atoms with Gasteiger partial charge in [0.1, 0.15) is 5.52 Å². The van der Waals surface area contributed by atoms with E-state index in [9.17, 15) is 0 Å². The standard InChI is InChI=1S/C8H8N2S/c1-5-3-4-7-8(6(5)2)9-10-11-7/h3-4H,1-2H3. The Labute approximate surface area is 69.0 Å². The van der Waals surface area contributed by atoms with Crippen LogP contribution in [0.25, 0.3) is 10.2 Å². The largest absolute Gasteiger partial charge is 0.138 e. The lowest BCUT2D eigenvalue weighted by Gasteiger charge is -1.96. The highest BCUT2D eigenvalue weighted by atomic mass is 32.1. The average molecular weight is 164 g/mol. The molecule has 0 aliphatic carbocycles. The Balaban J connectivity index is 2.93. The van der Waals surface area contributed by atoms with E-state index in [1.807, 2.05) is 0 Å². The van der Waals surface area contributed by atoms with Crippen LogP contribution in [-0.2, 0) is 0 Å². The van der Waals surface area contributed by atoms with Crippen molar-refractivity contribution in [2.75, 3.05) is 0 Å². The van der Waals surface area contributed by atoms with Gasteiger partial charge in [0.05, 0.1) is 4.70 Å². The minimum Gasteiger partial charge on any atom is -0.138 e. The van der Waals surface area contributed by atoms with E-state index in [0.29, 0.717) is 0 Å². The van der Waals surface area contributed by atoms with Gasteiger partial charge in [-0.2, -0.15) is 0 Å². The monoisotopic (exact) mass is 164 g/mol. The molecule has 0 saturated carbocycles. The van der Waals surface area contributed by atoms with E-state index in [4.69, 9.17) is 0 Å². The van der Waals surface area contributed by atoms with Crippen LogP contribution in [0.3, 0.4) is 0 Å². The van der Waals surface area contributed by atoms with Crippen molar-refractivity contribution < 1.29 is 0 Å². The van der Waals surface area contributed by atoms with Gasteiger partial charge in [-0.15, -0.1) is 5.10 Å². The number of rotatable bonds is 0. The SMILES string of the molecule is Cc1ccc2snnc2c1C. The molecule has 0 amide bonds. The van der Waals surface area contributed by atoms with Crippen molar-refractivity contribution in [1.82, 2.24) is 9.59 Å². The van der Waals surface area contributed by atoms with Crippen LogP contribution < -0.4 is 0 Å². The fourth-order valence-corrected chi connectivity index (χ4v) is 1.70. The van der Waals surface area contributed by atoms with E-state index in [1.54, 1.807) is 0 Å². The molecule has 0 spiro atoms. The van der Waals surface area contributed by atoms with E-state index in [-0.39, 0.29) is 0 Å². The Kier molecular flexibility index (Phi) is 1.39. The number of hydrogen-bond donors (Lipinski definition) is 0. The summed E-state index contributed by atoms with van der Waals surface area (Å²) in [5.41, 5.74) is 3.58. The summed E-state index contributed by atoms with van der Waals surface area (Å²) in [6.07, 6.45) is 0. The van der Waals surface area contributed by atoms with Crippen LogP contribution in [0.5, 0.6) is 0 Å². The first kappa shape index (κ1) is 6.73. The van der Waals surface area contributed by atoms with Crippen molar-refractivity contribution in [3.63, 3.8) is 0 Å². The van der Waals surface area contributed by atoms with E-state index in [2.05, 4.69) is 35.6 Å². The summed E-state index contributed by atoms with van der Waals surface area (Å²) in [7, 11) is 0. The van der Waals surface area contributed by atoms with Gasteiger partial charge in [0, 0.05) is 0 Å². The van der Waals surface area contributed by atoms with E-state index in [0.717, 1.165) is 5.52 Å². The number of aryl methyl sites for hydroxylation is 2. The van der Waals surface area contributed by atoms with Gasteiger partial charge in [0.15, 0.2) is 0 Å². The third-order valence-electron chi connectivity index (χ3n) is 1.94. The zero-order chi connectivity index (χ0) is 7.84. The molecule has 0 unspecified atom stereocenters. The Morgan fingerprint density at radius 2 is 2.09 bits per heavy atom. The number of aromatic nitrogens is 2. The van der Waals surface area contributed by atoms with Crippen LogP contribution in [-0.4, -0.2) is 9.59 Å². The van der Waals surface area contributed by atoms with Crippen molar-refractivity contribution >= 4 is 21.7 Å². The molecule has 0 atom stereocenters. The molecule has 2 aromatic rings. The molecule has 2 nitrogen and oxygen atoms in total. The summed E-state index contributed by atoms with van der Waals surface area (Å²) in [6.45, 7) is 4.17. The zero-order valence-corrected chi connectivity index (χ0v) is 7.27. The molecule has 0 aliphatic heterocycles. The molecule has 0 radical (unpaired) electrons. The molecule has 1 heterocycles. The quantitative estimate of drug-likeness (QED) is 0.597. The Morgan fingerprint density at radius 1 is 1.27 bits per heavy atom. The summed E-state index contributed by atoms with van der Waals surface area (Å²) in [6, 6.07) is 4.18. The smallest absolute Gasteiger partial charge is 0.109 e. The minimum absolute atomic E-state index is 1.05. The van der Waals surface area contributed by atoms with Crippen LogP contribution in [0.1, 0.15) is 11.1 Å². The topological polar surface area (TPSA) is 25.8 Å². The second kappa shape index (κ2) is 2.27. The van der Waals surface area contributed by atoms with Crippen LogP contribution >= 0.6 is 11.5 Å². The zero-order valence-electron chi connectivity index (χ0n) is 6.46. The molecular weight excluding hydrogens is 156 g/mol. The lowest BCUT2D eigenvalue weighted by Crippen LogP contribution is -1.81. The first-order chi connectivity index (χ1) is 5.29. The molecular formula is C8H8N2S. The molecule has 3 heteroatoms. The fourth-order valence-electron chi connectivity index (χ4n) is 1.08. The second-order valence-corrected chi connectivity index (χ2v) is 3.41. The molecule has 0 bridgehead atoms. The van der Waals surface area contributed by atoms with Gasteiger partial charge in [-0.05, 0) is 42.6 Å². The lowest BCUT2D eigenvalue weighted by atomic mass is 10.1. The second-order valence-electron chi connectivity index (χ2n) is 2.63. The lowest BCUT2D eigenvalue weighted by molar-refractivity contribution is 1.18. The number of nitrogens with zero attached hydrogens (tertiary/aromatic N) is 2. The fraction of sp³-hybridized carbons (Fsp3) is 0.250. The van der Waals surface area contributed by atoms with Gasteiger partial charge in [-0.1, -0.05) is 10.6 Å². The highest BCUT2D eigenvalue weighted by Crippen LogP contribution is 2.21. The van der Waals surface area contributed by atoms with E-state index in [1.165, 1.54) is 27.4 Å². The highest BCUT2D eigenvalue weighted by molar-refractivity contribution is 7.12. The molecule has 0 fully saturated rings. The van der Waals surface area contributed by atoms with E-state index >= 15 is 0 Å². The van der Waals surface area contributed by atoms with Crippen molar-refractivity contribution in [2.45, 2.75) is 13.8 Å². The minimum atomic E-state index is 1.05. The molecule has 0 saturated heterocycles. The predicted octanol–water partition coefficient (Wildman–Crippen LogP) is 2.31. The maximum atomic E-state index is 4.05. The molecule has 0 aliphatic rings. The highest BCUT2D eigenvalue weighted by Gasteiger charge is 2.02. The van der Waals surface area contributed by atoms with Crippen molar-refractivity contribution in [3.8, 4) is 0 Å². The van der Waals surface area contributed by atoms with Crippen molar-refractivity contribution in [3.05, 3.63) is 23.3 Å². The Hall–Kier alpha value is -0.960. The first-order valence-electron chi connectivity index (χ1n) is 3.47. The maximum absolute atomic E-state index is 4.05. The van der Waals surface area contributed by atoms with Gasteiger partial charge in [0.25, 0.3) is 0 Å². The van der Waals surface area contributed by atoms with Crippen molar-refractivity contribution in [2.24, 2.45) is 0 Å². The average Bonchev–Trinajstić information content (AvgIpc) is 2.45. The summed E-state index contributed by atoms with van der Waals surface area (Å²) < 4.78 is 5.07. The summed E-state index contributed by atoms with van der Waals surface area (Å²) >= 11 is 1.45. The van der Waals surface area contributed by atoms with Crippen LogP contribution in [0, 0.1) is 13.8 Å². The van der Waals surface area contributed by atoms with Gasteiger partial charge in [-0.3, -0.25) is 0 Å². The van der Waals surface area contributed by atoms with Gasteiger partial charge < -0.3 is 0 Å². The summed E-state index contributed by atoms with van der Waals surface area (Å²) in [5.74, 6) is 0. The van der Waals surface area contributed by atoms with Gasteiger partial charge in [-0.25, -0.2) is 0 Å². The molecule has 11 heavy (non-hydrogen) atoms. The molecule has 1 aromatic carbocycles. The maximum Gasteiger partial charge on any atom is 0.109 e. The molecule has 2 rings (SSSR count). The summed E-state index contributed by atoms with van der Waals surface area (Å²) in [5, 5.41) is 4.05. The van der Waals surface area contributed by atoms with Gasteiger partial charge >= 0.3 is 0 Å². The first-order valence-corrected chi connectivity index (χ1v) is 4.24. The normalized spacial score (nSPS) is 10.7. The summed E-state index contributed by atoms with van der Waals surface area (Å²) in [4.78, 5) is 0.